The predicted octanol–water partition coefficient (Wildman–Crippen LogP) is 1.61. The summed E-state index contributed by atoms with van der Waals surface area (Å²) >= 11 is 0. The molecule has 1 aromatic carbocycles. The van der Waals surface area contributed by atoms with Crippen molar-refractivity contribution in [3.05, 3.63) is 28.3 Å². The van der Waals surface area contributed by atoms with E-state index < -0.39 is 11.0 Å². The van der Waals surface area contributed by atoms with Gasteiger partial charge in [0, 0.05) is 18.7 Å². The lowest BCUT2D eigenvalue weighted by Crippen LogP contribution is -2.25. The zero-order valence-corrected chi connectivity index (χ0v) is 9.88. The van der Waals surface area contributed by atoms with E-state index in [1.54, 1.807) is 6.07 Å². The second-order valence-electron chi connectivity index (χ2n) is 4.22. The molecule has 0 radical (unpaired) electrons. The average molecular weight is 239 g/mol. The van der Waals surface area contributed by atoms with Gasteiger partial charge in [-0.05, 0) is 12.0 Å². The highest BCUT2D eigenvalue weighted by atomic mass is 16.6. The van der Waals surface area contributed by atoms with Gasteiger partial charge >= 0.3 is 0 Å². The lowest BCUT2D eigenvalue weighted by molar-refractivity contribution is -0.384. The van der Waals surface area contributed by atoms with Crippen LogP contribution in [-0.4, -0.2) is 22.7 Å². The zero-order valence-electron chi connectivity index (χ0n) is 9.88. The number of nitro groups is 1. The standard InChI is InChI=1S/C11H17N3O3/c1-7(2)11(15)6-13-10-4-3-8(14(16)17)5-9(10)12/h3-5,7,11,13,15H,6,12H2,1-2H3. The van der Waals surface area contributed by atoms with Crippen LogP contribution in [0.25, 0.3) is 0 Å². The van der Waals surface area contributed by atoms with E-state index in [0.29, 0.717) is 17.9 Å². The summed E-state index contributed by atoms with van der Waals surface area (Å²) in [6.45, 7) is 4.18. The zero-order chi connectivity index (χ0) is 13.0. The second-order valence-corrected chi connectivity index (χ2v) is 4.22. The van der Waals surface area contributed by atoms with Gasteiger partial charge in [0.05, 0.1) is 22.4 Å². The molecular formula is C11H17N3O3. The van der Waals surface area contributed by atoms with E-state index in [4.69, 9.17) is 5.73 Å². The number of nitrogen functional groups attached to an aromatic ring is 1. The molecule has 1 unspecified atom stereocenters. The van der Waals surface area contributed by atoms with Crippen molar-refractivity contribution in [2.75, 3.05) is 17.6 Å². The lowest BCUT2D eigenvalue weighted by atomic mass is 10.1. The maximum Gasteiger partial charge on any atom is 0.271 e. The van der Waals surface area contributed by atoms with Gasteiger partial charge in [0.1, 0.15) is 0 Å². The first-order valence-corrected chi connectivity index (χ1v) is 5.37. The van der Waals surface area contributed by atoms with Crippen LogP contribution in [0.4, 0.5) is 17.1 Å². The van der Waals surface area contributed by atoms with E-state index in [1.165, 1.54) is 12.1 Å². The van der Waals surface area contributed by atoms with E-state index in [0.717, 1.165) is 0 Å². The third kappa shape index (κ3) is 3.60. The van der Waals surface area contributed by atoms with Crippen molar-refractivity contribution in [2.24, 2.45) is 5.92 Å². The molecule has 6 heteroatoms. The molecule has 17 heavy (non-hydrogen) atoms. The molecule has 0 heterocycles. The minimum atomic E-state index is -0.497. The third-order valence-electron chi connectivity index (χ3n) is 2.52. The Kier molecular flexibility index (Phi) is 4.28. The Balaban J connectivity index is 2.70. The van der Waals surface area contributed by atoms with Crippen LogP contribution in [-0.2, 0) is 0 Å². The molecule has 1 atom stereocenters. The first kappa shape index (κ1) is 13.2. The Labute approximate surface area is 99.6 Å². The molecule has 0 saturated heterocycles. The molecule has 0 aliphatic heterocycles. The van der Waals surface area contributed by atoms with Crippen molar-refractivity contribution in [3.8, 4) is 0 Å². The SMILES string of the molecule is CC(C)C(O)CNc1ccc([N+](=O)[O-])cc1N. The number of nitrogens with zero attached hydrogens (tertiary/aromatic N) is 1. The summed E-state index contributed by atoms with van der Waals surface area (Å²) in [5.41, 5.74) is 6.52. The molecule has 0 saturated carbocycles. The highest BCUT2D eigenvalue weighted by Crippen LogP contribution is 2.24. The fourth-order valence-corrected chi connectivity index (χ4v) is 1.27. The van der Waals surface area contributed by atoms with E-state index in [1.807, 2.05) is 13.8 Å². The van der Waals surface area contributed by atoms with Gasteiger partial charge in [0.15, 0.2) is 0 Å². The molecule has 0 amide bonds. The number of hydrogen-bond donors (Lipinski definition) is 3. The average Bonchev–Trinajstić information content (AvgIpc) is 2.26. The molecule has 0 spiro atoms. The second kappa shape index (κ2) is 5.49. The Morgan fingerprint density at radius 3 is 2.65 bits per heavy atom. The van der Waals surface area contributed by atoms with E-state index in [-0.39, 0.29) is 11.6 Å². The molecule has 0 bridgehead atoms. The van der Waals surface area contributed by atoms with Crippen molar-refractivity contribution in [1.29, 1.82) is 0 Å². The van der Waals surface area contributed by atoms with Gasteiger partial charge in [-0.3, -0.25) is 10.1 Å². The summed E-state index contributed by atoms with van der Waals surface area (Å²) in [6.07, 6.45) is -0.482. The number of nitrogens with one attached hydrogen (secondary N) is 1. The van der Waals surface area contributed by atoms with Crippen molar-refractivity contribution in [3.63, 3.8) is 0 Å². The summed E-state index contributed by atoms with van der Waals surface area (Å²) in [6, 6.07) is 4.21. The maximum absolute atomic E-state index is 10.5. The van der Waals surface area contributed by atoms with Crippen molar-refractivity contribution < 1.29 is 10.0 Å². The van der Waals surface area contributed by atoms with Crippen LogP contribution in [0.15, 0.2) is 18.2 Å². The van der Waals surface area contributed by atoms with Crippen LogP contribution >= 0.6 is 0 Å². The highest BCUT2D eigenvalue weighted by Gasteiger charge is 2.11. The Hall–Kier alpha value is -1.82. The van der Waals surface area contributed by atoms with Crippen LogP contribution in [0.1, 0.15) is 13.8 Å². The van der Waals surface area contributed by atoms with Crippen LogP contribution in [0.5, 0.6) is 0 Å². The van der Waals surface area contributed by atoms with Crippen LogP contribution < -0.4 is 11.1 Å². The minimum absolute atomic E-state index is 0.0440. The summed E-state index contributed by atoms with van der Waals surface area (Å²) in [4.78, 5) is 10.0. The number of nitro benzene ring substituents is 1. The predicted molar refractivity (Wildman–Crippen MR) is 66.8 cm³/mol. The van der Waals surface area contributed by atoms with Crippen LogP contribution in [0.3, 0.4) is 0 Å². The molecule has 1 aromatic rings. The van der Waals surface area contributed by atoms with Gasteiger partial charge in [0.2, 0.25) is 0 Å². The number of anilines is 2. The monoisotopic (exact) mass is 239 g/mol. The number of benzene rings is 1. The smallest absolute Gasteiger partial charge is 0.271 e. The molecular weight excluding hydrogens is 222 g/mol. The van der Waals surface area contributed by atoms with Crippen molar-refractivity contribution in [1.82, 2.24) is 0 Å². The largest absolute Gasteiger partial charge is 0.397 e. The van der Waals surface area contributed by atoms with E-state index in [2.05, 4.69) is 5.32 Å². The molecule has 0 aliphatic rings. The summed E-state index contributed by atoms with van der Waals surface area (Å²) < 4.78 is 0. The quantitative estimate of drug-likeness (QED) is 0.411. The number of aliphatic hydroxyl groups is 1. The number of aliphatic hydroxyl groups excluding tert-OH is 1. The number of nitrogens with two attached hydrogens (primary N) is 1. The minimum Gasteiger partial charge on any atom is -0.397 e. The Morgan fingerprint density at radius 1 is 1.53 bits per heavy atom. The van der Waals surface area contributed by atoms with Gasteiger partial charge in [0.25, 0.3) is 5.69 Å². The summed E-state index contributed by atoms with van der Waals surface area (Å²) in [5, 5.41) is 23.1. The highest BCUT2D eigenvalue weighted by molar-refractivity contribution is 5.69. The van der Waals surface area contributed by atoms with E-state index >= 15 is 0 Å². The number of rotatable bonds is 5. The number of non-ortho nitro benzene ring substituents is 1. The maximum atomic E-state index is 10.5. The first-order valence-electron chi connectivity index (χ1n) is 5.37. The Bertz CT molecular complexity index is 407. The lowest BCUT2D eigenvalue weighted by Gasteiger charge is -2.16. The van der Waals surface area contributed by atoms with Gasteiger partial charge in [-0.2, -0.15) is 0 Å². The fourth-order valence-electron chi connectivity index (χ4n) is 1.27. The molecule has 0 aliphatic carbocycles. The topological polar surface area (TPSA) is 101 Å². The Morgan fingerprint density at radius 2 is 2.18 bits per heavy atom. The number of hydrogen-bond acceptors (Lipinski definition) is 5. The molecule has 1 rings (SSSR count). The van der Waals surface area contributed by atoms with Gasteiger partial charge in [-0.25, -0.2) is 0 Å². The third-order valence-corrected chi connectivity index (χ3v) is 2.52. The molecule has 0 aromatic heterocycles. The molecule has 94 valence electrons. The molecule has 0 fully saturated rings. The fraction of sp³-hybridized carbons (Fsp3) is 0.455. The van der Waals surface area contributed by atoms with Crippen LogP contribution in [0, 0.1) is 16.0 Å². The van der Waals surface area contributed by atoms with Crippen molar-refractivity contribution >= 4 is 17.1 Å². The van der Waals surface area contributed by atoms with Gasteiger partial charge < -0.3 is 16.2 Å². The van der Waals surface area contributed by atoms with Crippen LogP contribution in [0.2, 0.25) is 0 Å². The molecule has 6 nitrogen and oxygen atoms in total. The normalized spacial score (nSPS) is 12.5. The summed E-state index contributed by atoms with van der Waals surface area (Å²) in [7, 11) is 0. The van der Waals surface area contributed by atoms with Crippen molar-refractivity contribution in [2.45, 2.75) is 20.0 Å². The van der Waals surface area contributed by atoms with Gasteiger partial charge in [-0.15, -0.1) is 0 Å². The first-order chi connectivity index (χ1) is 7.91. The van der Waals surface area contributed by atoms with E-state index in [9.17, 15) is 15.2 Å². The summed E-state index contributed by atoms with van der Waals surface area (Å²) in [5.74, 6) is 0.141. The van der Waals surface area contributed by atoms with Gasteiger partial charge in [-0.1, -0.05) is 13.8 Å². The molecule has 4 N–H and O–H groups in total.